The average molecular weight is 337 g/mol. The quantitative estimate of drug-likeness (QED) is 0.489. The number of carbonyl (C=O) groups excluding carboxylic acids is 2. The number of aliphatic carboxylic acids is 1. The minimum absolute atomic E-state index is 0.260. The molecule has 0 unspecified atom stereocenters. The Morgan fingerprint density at radius 2 is 1.96 bits per heavy atom. The first-order valence-corrected chi connectivity index (χ1v) is 8.38. The predicted octanol–water partition coefficient (Wildman–Crippen LogP) is 2.77. The highest BCUT2D eigenvalue weighted by atomic mass is 32.1. The molecule has 23 heavy (non-hydrogen) atoms. The summed E-state index contributed by atoms with van der Waals surface area (Å²) in [5.41, 5.74) is 1.38. The molecule has 2 N–H and O–H groups in total. The highest BCUT2D eigenvalue weighted by Crippen LogP contribution is 2.38. The summed E-state index contributed by atoms with van der Waals surface area (Å²) in [5, 5.41) is 11.6. The van der Waals surface area contributed by atoms with Crippen LogP contribution in [-0.4, -0.2) is 29.6 Å². The van der Waals surface area contributed by atoms with E-state index in [4.69, 9.17) is 9.84 Å². The topological polar surface area (TPSA) is 92.7 Å². The molecule has 7 heteroatoms. The van der Waals surface area contributed by atoms with Crippen molar-refractivity contribution < 1.29 is 24.2 Å². The molecule has 1 aliphatic rings. The van der Waals surface area contributed by atoms with Gasteiger partial charge < -0.3 is 15.2 Å². The maximum atomic E-state index is 12.3. The highest BCUT2D eigenvalue weighted by molar-refractivity contribution is 7.17. The number of ether oxygens (including phenoxy) is 1. The number of thiophene rings is 1. The Hall–Kier alpha value is -2.15. The van der Waals surface area contributed by atoms with E-state index in [0.29, 0.717) is 10.6 Å². The van der Waals surface area contributed by atoms with Gasteiger partial charge in [0.05, 0.1) is 12.2 Å². The standard InChI is InChI=1S/C16H19NO5S/c1-2-22-16(21)14-10-6-4-3-5-7-11(10)23-15(14)17-12(18)8-9-13(19)20/h8-9H,2-7H2,1H3,(H,17,18)(H,19,20). The molecule has 1 aliphatic carbocycles. The van der Waals surface area contributed by atoms with E-state index in [1.54, 1.807) is 6.92 Å². The number of carboxylic acid groups (broad SMARTS) is 1. The lowest BCUT2D eigenvalue weighted by molar-refractivity contribution is -0.131. The van der Waals surface area contributed by atoms with E-state index in [0.717, 1.165) is 54.7 Å². The van der Waals surface area contributed by atoms with E-state index in [9.17, 15) is 14.4 Å². The van der Waals surface area contributed by atoms with E-state index in [1.807, 2.05) is 0 Å². The van der Waals surface area contributed by atoms with Crippen LogP contribution < -0.4 is 5.32 Å². The molecule has 0 saturated heterocycles. The van der Waals surface area contributed by atoms with E-state index < -0.39 is 17.8 Å². The first-order valence-electron chi connectivity index (χ1n) is 7.56. The number of carbonyl (C=O) groups is 3. The monoisotopic (exact) mass is 337 g/mol. The van der Waals surface area contributed by atoms with Crippen molar-refractivity contribution in [1.82, 2.24) is 0 Å². The summed E-state index contributed by atoms with van der Waals surface area (Å²) < 4.78 is 5.12. The maximum absolute atomic E-state index is 12.3. The minimum Gasteiger partial charge on any atom is -0.478 e. The van der Waals surface area contributed by atoms with Gasteiger partial charge in [-0.3, -0.25) is 4.79 Å². The van der Waals surface area contributed by atoms with Crippen LogP contribution in [0.15, 0.2) is 12.2 Å². The molecule has 0 spiro atoms. The smallest absolute Gasteiger partial charge is 0.341 e. The zero-order chi connectivity index (χ0) is 16.8. The molecule has 124 valence electrons. The number of nitrogens with one attached hydrogen (secondary N) is 1. The summed E-state index contributed by atoms with van der Waals surface area (Å²) in [6.45, 7) is 1.99. The first kappa shape index (κ1) is 17.2. The second-order valence-corrected chi connectivity index (χ2v) is 6.26. The highest BCUT2D eigenvalue weighted by Gasteiger charge is 2.26. The molecule has 0 aromatic carbocycles. The molecule has 0 fully saturated rings. The van der Waals surface area contributed by atoms with Crippen LogP contribution in [0.2, 0.25) is 0 Å². The molecule has 0 radical (unpaired) electrons. The summed E-state index contributed by atoms with van der Waals surface area (Å²) in [6.07, 6.45) is 6.55. The molecule has 1 amide bonds. The van der Waals surface area contributed by atoms with Crippen molar-refractivity contribution in [1.29, 1.82) is 0 Å². The zero-order valence-electron chi connectivity index (χ0n) is 12.9. The van der Waals surface area contributed by atoms with Crippen molar-refractivity contribution in [3.63, 3.8) is 0 Å². The van der Waals surface area contributed by atoms with Crippen molar-refractivity contribution in [2.24, 2.45) is 0 Å². The molecule has 1 aromatic rings. The normalized spacial score (nSPS) is 14.1. The SMILES string of the molecule is CCOC(=O)c1c(NC(=O)C=CC(=O)O)sc2c1CCCCC2. The molecule has 1 heterocycles. The van der Waals surface area contributed by atoms with Gasteiger partial charge in [0, 0.05) is 17.0 Å². The largest absolute Gasteiger partial charge is 0.478 e. The Labute approximate surface area is 138 Å². The number of hydrogen-bond donors (Lipinski definition) is 2. The lowest BCUT2D eigenvalue weighted by Gasteiger charge is -2.07. The van der Waals surface area contributed by atoms with Gasteiger partial charge >= 0.3 is 11.9 Å². The van der Waals surface area contributed by atoms with Gasteiger partial charge in [-0.1, -0.05) is 6.42 Å². The number of carboxylic acids is 1. The fourth-order valence-corrected chi connectivity index (χ4v) is 3.83. The first-order chi connectivity index (χ1) is 11.0. The molecular formula is C16H19NO5S. The number of fused-ring (bicyclic) bond motifs is 1. The van der Waals surface area contributed by atoms with Gasteiger partial charge in [0.1, 0.15) is 5.00 Å². The van der Waals surface area contributed by atoms with Crippen LogP contribution in [-0.2, 0) is 27.2 Å². The fourth-order valence-electron chi connectivity index (χ4n) is 2.55. The van der Waals surface area contributed by atoms with Gasteiger partial charge in [-0.2, -0.15) is 0 Å². The average Bonchev–Trinajstić information content (AvgIpc) is 2.66. The minimum atomic E-state index is -1.20. The zero-order valence-corrected chi connectivity index (χ0v) is 13.7. The van der Waals surface area contributed by atoms with Crippen LogP contribution in [0.25, 0.3) is 0 Å². The molecule has 0 atom stereocenters. The van der Waals surface area contributed by atoms with Gasteiger partial charge in [-0.25, -0.2) is 9.59 Å². The Kier molecular flexibility index (Phi) is 5.92. The molecule has 0 bridgehead atoms. The Bertz CT molecular complexity index is 647. The van der Waals surface area contributed by atoms with Crippen molar-refractivity contribution >= 4 is 34.2 Å². The van der Waals surface area contributed by atoms with Crippen LogP contribution in [0.1, 0.15) is 47.0 Å². The Morgan fingerprint density at radius 3 is 2.65 bits per heavy atom. The number of amides is 1. The third-order valence-corrected chi connectivity index (χ3v) is 4.72. The lowest BCUT2D eigenvalue weighted by Crippen LogP contribution is -2.13. The molecule has 6 nitrogen and oxygen atoms in total. The van der Waals surface area contributed by atoms with Gasteiger partial charge in [0.15, 0.2) is 0 Å². The van der Waals surface area contributed by atoms with Gasteiger partial charge in [0.2, 0.25) is 5.91 Å². The van der Waals surface area contributed by atoms with E-state index >= 15 is 0 Å². The number of aryl methyl sites for hydroxylation is 1. The maximum Gasteiger partial charge on any atom is 0.341 e. The third kappa shape index (κ3) is 4.41. The van der Waals surface area contributed by atoms with Crippen LogP contribution in [0.5, 0.6) is 0 Å². The third-order valence-electron chi connectivity index (χ3n) is 3.51. The second-order valence-electron chi connectivity index (χ2n) is 5.15. The molecule has 2 rings (SSSR count). The van der Waals surface area contributed by atoms with Crippen LogP contribution >= 0.6 is 11.3 Å². The van der Waals surface area contributed by atoms with E-state index in [-0.39, 0.29) is 6.61 Å². The van der Waals surface area contributed by atoms with Gasteiger partial charge in [-0.15, -0.1) is 11.3 Å². The second kappa shape index (κ2) is 7.92. The van der Waals surface area contributed by atoms with Crippen LogP contribution in [0, 0.1) is 0 Å². The Morgan fingerprint density at radius 1 is 1.22 bits per heavy atom. The van der Waals surface area contributed by atoms with Crippen molar-refractivity contribution in [3.05, 3.63) is 28.2 Å². The predicted molar refractivity (Wildman–Crippen MR) is 86.9 cm³/mol. The van der Waals surface area contributed by atoms with Crippen molar-refractivity contribution in [2.75, 3.05) is 11.9 Å². The lowest BCUT2D eigenvalue weighted by atomic mass is 10.1. The van der Waals surface area contributed by atoms with Gasteiger partial charge in [-0.05, 0) is 38.2 Å². The number of anilines is 1. The number of hydrogen-bond acceptors (Lipinski definition) is 5. The summed E-state index contributed by atoms with van der Waals surface area (Å²) >= 11 is 1.38. The van der Waals surface area contributed by atoms with E-state index in [1.165, 1.54) is 11.3 Å². The molecule has 0 aliphatic heterocycles. The summed E-state index contributed by atoms with van der Waals surface area (Å²) in [7, 11) is 0. The Balaban J connectivity index is 2.32. The number of rotatable bonds is 5. The van der Waals surface area contributed by atoms with Crippen molar-refractivity contribution in [2.45, 2.75) is 39.0 Å². The van der Waals surface area contributed by atoms with Gasteiger partial charge in [0.25, 0.3) is 0 Å². The summed E-state index contributed by atoms with van der Waals surface area (Å²) in [4.78, 5) is 35.7. The molecular weight excluding hydrogens is 318 g/mol. The van der Waals surface area contributed by atoms with Crippen LogP contribution in [0.4, 0.5) is 5.00 Å². The van der Waals surface area contributed by atoms with Crippen LogP contribution in [0.3, 0.4) is 0 Å². The summed E-state index contributed by atoms with van der Waals surface area (Å²) in [5.74, 6) is -2.22. The molecule has 0 saturated carbocycles. The fraction of sp³-hybridized carbons (Fsp3) is 0.438. The summed E-state index contributed by atoms with van der Waals surface area (Å²) in [6, 6.07) is 0. The van der Waals surface area contributed by atoms with Crippen molar-refractivity contribution in [3.8, 4) is 0 Å². The number of esters is 1. The van der Waals surface area contributed by atoms with E-state index in [2.05, 4.69) is 5.32 Å². The molecule has 1 aromatic heterocycles.